The summed E-state index contributed by atoms with van der Waals surface area (Å²) >= 11 is 0.264. The van der Waals surface area contributed by atoms with E-state index in [9.17, 15) is 27.2 Å². The zero-order valence-electron chi connectivity index (χ0n) is 12.7. The van der Waals surface area contributed by atoms with Gasteiger partial charge < -0.3 is 14.4 Å². The summed E-state index contributed by atoms with van der Waals surface area (Å²) in [6.07, 6.45) is -3.26. The monoisotopic (exact) mass is 368 g/mol. The third-order valence-electron chi connectivity index (χ3n) is 2.53. The highest BCUT2D eigenvalue weighted by Gasteiger charge is 2.34. The average Bonchev–Trinajstić information content (AvgIpc) is 2.99. The van der Waals surface area contributed by atoms with Crippen molar-refractivity contribution < 1.29 is 36.6 Å². The summed E-state index contributed by atoms with van der Waals surface area (Å²) in [5.74, 6) is -3.67. The molecule has 1 heterocycles. The number of amides is 1. The van der Waals surface area contributed by atoms with Gasteiger partial charge in [-0.1, -0.05) is 0 Å². The van der Waals surface area contributed by atoms with Gasteiger partial charge in [0.25, 0.3) is 5.91 Å². The number of alkyl halides is 3. The lowest BCUT2D eigenvalue weighted by atomic mass is 10.3. The zero-order chi connectivity index (χ0) is 18.5. The van der Waals surface area contributed by atoms with Gasteiger partial charge in [0.05, 0.1) is 19.9 Å². The number of hydrogen-bond donors (Lipinski definition) is 0. The Balaban J connectivity index is 3.02. The number of rotatable bonds is 5. The normalized spacial score (nSPS) is 12.8. The van der Waals surface area contributed by atoms with Crippen LogP contribution in [0, 0.1) is 0 Å². The largest absolute Gasteiger partial charge is 0.502 e. The van der Waals surface area contributed by atoms with Crippen LogP contribution in [0.25, 0.3) is 6.08 Å². The number of methoxy groups -OCH3 is 2. The van der Waals surface area contributed by atoms with Crippen molar-refractivity contribution in [1.82, 2.24) is 9.88 Å². The fraction of sp³-hybridized carbons (Fsp3) is 0.308. The Bertz CT molecular complexity index is 682. The van der Waals surface area contributed by atoms with Crippen molar-refractivity contribution in [1.29, 1.82) is 0 Å². The molecule has 0 aliphatic heterocycles. The molecule has 0 aliphatic carbocycles. The number of hydrogen-bond acceptors (Lipinski definition) is 6. The minimum absolute atomic E-state index is 0.264. The van der Waals surface area contributed by atoms with Gasteiger partial charge in [-0.05, 0) is 0 Å². The van der Waals surface area contributed by atoms with Gasteiger partial charge in [-0.15, -0.1) is 11.3 Å². The molecule has 1 rings (SSSR count). The molecule has 1 aromatic heterocycles. The van der Waals surface area contributed by atoms with E-state index >= 15 is 0 Å². The van der Waals surface area contributed by atoms with Crippen LogP contribution >= 0.6 is 11.3 Å². The Kier molecular flexibility index (Phi) is 6.46. The molecule has 0 saturated heterocycles. The predicted molar refractivity (Wildman–Crippen MR) is 76.1 cm³/mol. The number of aromatic nitrogens is 1. The van der Waals surface area contributed by atoms with E-state index in [2.05, 4.69) is 14.5 Å². The minimum Gasteiger partial charge on any atom is -0.502 e. The summed E-state index contributed by atoms with van der Waals surface area (Å²) in [6, 6.07) is 0. The number of nitrogens with zero attached hydrogens (tertiary/aromatic N) is 2. The van der Waals surface area contributed by atoms with Crippen molar-refractivity contribution in [2.75, 3.05) is 21.3 Å². The summed E-state index contributed by atoms with van der Waals surface area (Å²) in [7, 11) is 3.31. The third-order valence-corrected chi connectivity index (χ3v) is 3.44. The van der Waals surface area contributed by atoms with Crippen LogP contribution in [0.2, 0.25) is 0 Å². The van der Waals surface area contributed by atoms with Gasteiger partial charge in [0.2, 0.25) is 0 Å². The molecule has 0 aromatic carbocycles. The van der Waals surface area contributed by atoms with Crippen molar-refractivity contribution in [3.8, 4) is 0 Å². The van der Waals surface area contributed by atoms with E-state index in [0.29, 0.717) is 11.0 Å². The van der Waals surface area contributed by atoms with Gasteiger partial charge in [0.15, 0.2) is 16.5 Å². The highest BCUT2D eigenvalue weighted by molar-refractivity contribution is 7.09. The summed E-state index contributed by atoms with van der Waals surface area (Å²) in [5, 5.41) is -0.223. The Labute approximate surface area is 138 Å². The fourth-order valence-corrected chi connectivity index (χ4v) is 2.07. The second-order valence-electron chi connectivity index (χ2n) is 4.16. The first-order chi connectivity index (χ1) is 11.1. The quantitative estimate of drug-likeness (QED) is 0.346. The molecule has 0 fully saturated rings. The van der Waals surface area contributed by atoms with E-state index in [1.807, 2.05) is 0 Å². The number of esters is 1. The molecule has 0 spiro atoms. The average molecular weight is 368 g/mol. The predicted octanol–water partition coefficient (Wildman–Crippen LogP) is 2.59. The van der Waals surface area contributed by atoms with Crippen molar-refractivity contribution >= 4 is 29.3 Å². The molecular formula is C13H12F4N2O4S. The number of thiazole rings is 1. The molecule has 0 bridgehead atoms. The van der Waals surface area contributed by atoms with Crippen LogP contribution < -0.4 is 0 Å². The van der Waals surface area contributed by atoms with Crippen LogP contribution in [0.3, 0.4) is 0 Å². The second-order valence-corrected chi connectivity index (χ2v) is 5.02. The molecule has 132 valence electrons. The van der Waals surface area contributed by atoms with Crippen molar-refractivity contribution in [2.45, 2.75) is 6.18 Å². The second kappa shape index (κ2) is 7.90. The molecule has 0 N–H and O–H groups in total. The molecule has 1 aromatic rings. The van der Waals surface area contributed by atoms with E-state index in [-0.39, 0.29) is 17.0 Å². The Morgan fingerprint density at radius 1 is 1.33 bits per heavy atom. The number of carbonyl (C=O) groups is 2. The number of ether oxygens (including phenoxy) is 2. The lowest BCUT2D eigenvalue weighted by molar-refractivity contribution is -0.141. The first-order valence-corrected chi connectivity index (χ1v) is 6.99. The SMILES string of the molecule is CO/C=C(/C(=O)OC)N(C)C(=O)/C(F)=C\c1csc(C(F)(F)F)n1. The molecule has 24 heavy (non-hydrogen) atoms. The van der Waals surface area contributed by atoms with Crippen LogP contribution in [0.4, 0.5) is 17.6 Å². The summed E-state index contributed by atoms with van der Waals surface area (Å²) in [6.45, 7) is 0. The van der Waals surface area contributed by atoms with Crippen molar-refractivity contribution in [2.24, 2.45) is 0 Å². The molecular weight excluding hydrogens is 356 g/mol. The number of halogens is 4. The highest BCUT2D eigenvalue weighted by Crippen LogP contribution is 2.32. The van der Waals surface area contributed by atoms with Crippen molar-refractivity contribution in [3.63, 3.8) is 0 Å². The lowest BCUT2D eigenvalue weighted by Crippen LogP contribution is -2.31. The van der Waals surface area contributed by atoms with Crippen molar-refractivity contribution in [3.05, 3.63) is 33.9 Å². The van der Waals surface area contributed by atoms with Crippen LogP contribution in [0.1, 0.15) is 10.7 Å². The van der Waals surface area contributed by atoms with Crippen LogP contribution in [-0.4, -0.2) is 43.0 Å². The van der Waals surface area contributed by atoms with Crippen LogP contribution in [0.15, 0.2) is 23.2 Å². The Morgan fingerprint density at radius 3 is 2.42 bits per heavy atom. The highest BCUT2D eigenvalue weighted by atomic mass is 32.1. The van der Waals surface area contributed by atoms with E-state index < -0.39 is 34.6 Å². The fourth-order valence-electron chi connectivity index (χ4n) is 1.42. The zero-order valence-corrected chi connectivity index (χ0v) is 13.5. The molecule has 6 nitrogen and oxygen atoms in total. The summed E-state index contributed by atoms with van der Waals surface area (Å²) < 4.78 is 60.2. The molecule has 0 radical (unpaired) electrons. The first-order valence-electron chi connectivity index (χ1n) is 6.11. The molecule has 0 atom stereocenters. The van der Waals surface area contributed by atoms with E-state index in [1.54, 1.807) is 0 Å². The maximum Gasteiger partial charge on any atom is 0.443 e. The van der Waals surface area contributed by atoms with Gasteiger partial charge in [0.1, 0.15) is 6.26 Å². The van der Waals surface area contributed by atoms with Crippen LogP contribution in [-0.2, 0) is 25.2 Å². The standard InChI is InChI=1S/C13H12F4N2O4S/c1-19(9(5-22-2)11(21)23-3)10(20)8(14)4-7-6-24-12(18-7)13(15,16)17/h4-6H,1-3H3/b8-4+,9-5-. The van der Waals surface area contributed by atoms with E-state index in [1.165, 1.54) is 7.11 Å². The third kappa shape index (κ3) is 4.78. The smallest absolute Gasteiger partial charge is 0.443 e. The summed E-state index contributed by atoms with van der Waals surface area (Å²) in [4.78, 5) is 27.2. The maximum absolute atomic E-state index is 13.9. The number of carbonyl (C=O) groups excluding carboxylic acids is 2. The van der Waals surface area contributed by atoms with Gasteiger partial charge in [-0.3, -0.25) is 4.79 Å². The Morgan fingerprint density at radius 2 is 1.96 bits per heavy atom. The minimum atomic E-state index is -4.66. The first kappa shape index (κ1) is 19.6. The Hall–Kier alpha value is -2.43. The topological polar surface area (TPSA) is 68.7 Å². The maximum atomic E-state index is 13.9. The molecule has 0 unspecified atom stereocenters. The lowest BCUT2D eigenvalue weighted by Gasteiger charge is -2.17. The summed E-state index contributed by atoms with van der Waals surface area (Å²) in [5.41, 5.74) is -0.773. The molecule has 0 saturated carbocycles. The van der Waals surface area contributed by atoms with E-state index in [4.69, 9.17) is 0 Å². The van der Waals surface area contributed by atoms with Gasteiger partial charge in [-0.25, -0.2) is 14.2 Å². The van der Waals surface area contributed by atoms with Gasteiger partial charge in [-0.2, -0.15) is 13.2 Å². The van der Waals surface area contributed by atoms with E-state index in [0.717, 1.165) is 25.8 Å². The van der Waals surface area contributed by atoms with Crippen LogP contribution in [0.5, 0.6) is 0 Å². The molecule has 11 heteroatoms. The number of likely N-dealkylation sites (N-methyl/N-ethyl adjacent to an activating group) is 1. The molecule has 1 amide bonds. The van der Waals surface area contributed by atoms with Gasteiger partial charge >= 0.3 is 12.1 Å². The molecule has 0 aliphatic rings. The van der Waals surface area contributed by atoms with Gasteiger partial charge in [0, 0.05) is 18.5 Å².